The number of nitrogens with one attached hydrogen (secondary N) is 1. The zero-order chi connectivity index (χ0) is 17.0. The van der Waals surface area contributed by atoms with Crippen LogP contribution in [0.4, 0.5) is 13.2 Å². The lowest BCUT2D eigenvalue weighted by Crippen LogP contribution is -2.49. The van der Waals surface area contributed by atoms with Gasteiger partial charge in [0.15, 0.2) is 0 Å². The Kier molecular flexibility index (Phi) is 5.82. The van der Waals surface area contributed by atoms with E-state index in [0.29, 0.717) is 25.9 Å². The smallest absolute Gasteiger partial charge is 0.481 e. The van der Waals surface area contributed by atoms with Crippen molar-refractivity contribution in [2.24, 2.45) is 5.92 Å². The molecule has 2 aliphatic rings. The summed E-state index contributed by atoms with van der Waals surface area (Å²) in [6.45, 7) is 0.628. The summed E-state index contributed by atoms with van der Waals surface area (Å²) in [5.74, 6) is -1.63. The first-order valence-electron chi connectivity index (χ1n) is 7.36. The van der Waals surface area contributed by atoms with Gasteiger partial charge in [-0.2, -0.15) is 0 Å². The Morgan fingerprint density at radius 1 is 1.17 bits per heavy atom. The molecule has 2 rings (SSSR count). The van der Waals surface area contributed by atoms with Crippen LogP contribution in [0.1, 0.15) is 25.7 Å². The first-order valence-corrected chi connectivity index (χ1v) is 7.36. The number of hydrazine groups is 1. The lowest BCUT2D eigenvalue weighted by Gasteiger charge is -2.35. The third kappa shape index (κ3) is 5.96. The van der Waals surface area contributed by atoms with E-state index in [1.807, 2.05) is 0 Å². The molecule has 1 aliphatic heterocycles. The van der Waals surface area contributed by atoms with E-state index in [9.17, 15) is 22.8 Å². The van der Waals surface area contributed by atoms with Gasteiger partial charge >= 0.3 is 12.3 Å². The lowest BCUT2D eigenvalue weighted by atomic mass is 9.92. The highest BCUT2D eigenvalue weighted by molar-refractivity contribution is 5.76. The highest BCUT2D eigenvalue weighted by Crippen LogP contribution is 2.31. The van der Waals surface area contributed by atoms with Gasteiger partial charge in [-0.3, -0.25) is 19.8 Å². The number of alkyl halides is 3. The molecule has 1 aliphatic carbocycles. The van der Waals surface area contributed by atoms with Crippen molar-refractivity contribution in [2.45, 2.75) is 44.3 Å². The summed E-state index contributed by atoms with van der Waals surface area (Å²) >= 11 is 0. The number of nitrogens with zero attached hydrogens (tertiary/aromatic N) is 1. The molecule has 0 aromatic carbocycles. The van der Waals surface area contributed by atoms with E-state index in [0.717, 1.165) is 0 Å². The number of hydrogen-bond acceptors (Lipinski definition) is 5. The third-order valence-corrected chi connectivity index (χ3v) is 3.93. The Morgan fingerprint density at radius 2 is 1.78 bits per heavy atom. The molecule has 1 saturated carbocycles. The molecule has 2 N–H and O–H groups in total. The first kappa shape index (κ1) is 18.0. The predicted octanol–water partition coefficient (Wildman–Crippen LogP) is 0.898. The second kappa shape index (κ2) is 7.45. The van der Waals surface area contributed by atoms with Crippen LogP contribution in [0.3, 0.4) is 0 Å². The summed E-state index contributed by atoms with van der Waals surface area (Å²) in [5.41, 5.74) is 2.60. The molecule has 23 heavy (non-hydrogen) atoms. The van der Waals surface area contributed by atoms with Gasteiger partial charge in [0.05, 0.1) is 18.1 Å². The number of piperidine rings is 1. The quantitative estimate of drug-likeness (QED) is 0.747. The van der Waals surface area contributed by atoms with Crippen LogP contribution in [0, 0.1) is 5.92 Å². The van der Waals surface area contributed by atoms with Crippen LogP contribution in [-0.4, -0.2) is 60.3 Å². The zero-order valence-electron chi connectivity index (χ0n) is 12.3. The van der Waals surface area contributed by atoms with Crippen molar-refractivity contribution in [3.05, 3.63) is 0 Å². The van der Waals surface area contributed by atoms with Crippen molar-refractivity contribution in [3.63, 3.8) is 0 Å². The first-order chi connectivity index (χ1) is 10.7. The van der Waals surface area contributed by atoms with Crippen LogP contribution in [-0.2, 0) is 19.1 Å². The molecule has 0 spiro atoms. The molecule has 132 valence electrons. The highest BCUT2D eigenvalue weighted by Gasteiger charge is 2.40. The summed E-state index contributed by atoms with van der Waals surface area (Å²) in [6, 6.07) is 0. The second-order valence-corrected chi connectivity index (χ2v) is 5.72. The fraction of sp³-hybridized carbons (Fsp3) is 0.846. The normalized spacial score (nSPS) is 26.6. The van der Waals surface area contributed by atoms with Crippen LogP contribution >= 0.6 is 0 Å². The van der Waals surface area contributed by atoms with Gasteiger partial charge in [0.2, 0.25) is 0 Å². The minimum absolute atomic E-state index is 0.108. The Labute approximate surface area is 130 Å². The lowest BCUT2D eigenvalue weighted by molar-refractivity contribution is -0.357. The van der Waals surface area contributed by atoms with E-state index in [4.69, 9.17) is 9.84 Å². The van der Waals surface area contributed by atoms with Crippen molar-refractivity contribution in [2.75, 3.05) is 19.7 Å². The number of carbonyl (C=O) groups excluding carboxylic acids is 1. The van der Waals surface area contributed by atoms with E-state index in [2.05, 4.69) is 10.2 Å². The summed E-state index contributed by atoms with van der Waals surface area (Å²) in [5, 5.41) is 10.5. The second-order valence-electron chi connectivity index (χ2n) is 5.72. The standard InChI is InChI=1S/C13H19F3N2O5/c14-13(15,16)23-10-5-9(6-10)22-7-11(19)17-18-3-1-8(2-4-18)12(20)21/h8-10H,1-7H2,(H,17,19)(H,20,21). The molecule has 0 unspecified atom stereocenters. The van der Waals surface area contributed by atoms with Crippen molar-refractivity contribution in [1.29, 1.82) is 0 Å². The van der Waals surface area contributed by atoms with Crippen molar-refractivity contribution < 1.29 is 37.3 Å². The van der Waals surface area contributed by atoms with Crippen LogP contribution in [0.5, 0.6) is 0 Å². The van der Waals surface area contributed by atoms with Crippen molar-refractivity contribution in [3.8, 4) is 0 Å². The molecule has 10 heteroatoms. The molecular weight excluding hydrogens is 321 g/mol. The molecule has 0 aromatic rings. The summed E-state index contributed by atoms with van der Waals surface area (Å²) in [6.07, 6.45) is -4.84. The Hall–Kier alpha value is -1.39. The number of amides is 1. The van der Waals surface area contributed by atoms with Gasteiger partial charge in [-0.1, -0.05) is 0 Å². The summed E-state index contributed by atoms with van der Waals surface area (Å²) in [4.78, 5) is 22.5. The number of carboxylic acid groups (broad SMARTS) is 1. The average molecular weight is 340 g/mol. The topological polar surface area (TPSA) is 88.1 Å². The number of carboxylic acids is 1. The van der Waals surface area contributed by atoms with Crippen LogP contribution < -0.4 is 5.43 Å². The molecule has 7 nitrogen and oxygen atoms in total. The largest absolute Gasteiger partial charge is 0.522 e. The van der Waals surface area contributed by atoms with Gasteiger partial charge in [-0.25, -0.2) is 5.01 Å². The number of halogens is 3. The number of rotatable bonds is 6. The third-order valence-electron chi connectivity index (χ3n) is 3.93. The molecule has 0 radical (unpaired) electrons. The minimum Gasteiger partial charge on any atom is -0.481 e. The minimum atomic E-state index is -4.64. The van der Waals surface area contributed by atoms with Crippen LogP contribution in [0.25, 0.3) is 0 Å². The molecule has 2 fully saturated rings. The molecule has 1 saturated heterocycles. The van der Waals surface area contributed by atoms with Crippen molar-refractivity contribution in [1.82, 2.24) is 10.4 Å². The van der Waals surface area contributed by atoms with Gasteiger partial charge in [0, 0.05) is 25.9 Å². The molecule has 0 aromatic heterocycles. The number of ether oxygens (including phenoxy) is 2. The molecule has 0 atom stereocenters. The SMILES string of the molecule is O=C(COC1CC(OC(F)(F)F)C1)NN1CCC(C(=O)O)CC1. The highest BCUT2D eigenvalue weighted by atomic mass is 19.4. The number of hydrogen-bond donors (Lipinski definition) is 2. The molecular formula is C13H19F3N2O5. The zero-order valence-corrected chi connectivity index (χ0v) is 12.3. The van der Waals surface area contributed by atoms with Gasteiger partial charge in [0.25, 0.3) is 5.91 Å². The Morgan fingerprint density at radius 3 is 2.30 bits per heavy atom. The maximum atomic E-state index is 11.9. The maximum absolute atomic E-state index is 11.9. The monoisotopic (exact) mass is 340 g/mol. The predicted molar refractivity (Wildman–Crippen MR) is 70.0 cm³/mol. The van der Waals surface area contributed by atoms with Gasteiger partial charge in [0.1, 0.15) is 6.61 Å². The Balaban J connectivity index is 1.56. The maximum Gasteiger partial charge on any atom is 0.522 e. The number of aliphatic carboxylic acids is 1. The molecule has 0 bridgehead atoms. The van der Waals surface area contributed by atoms with E-state index in [-0.39, 0.29) is 25.4 Å². The summed E-state index contributed by atoms with van der Waals surface area (Å²) in [7, 11) is 0. The van der Waals surface area contributed by atoms with E-state index >= 15 is 0 Å². The summed E-state index contributed by atoms with van der Waals surface area (Å²) < 4.78 is 44.8. The molecule has 1 heterocycles. The van der Waals surface area contributed by atoms with Crippen molar-refractivity contribution >= 4 is 11.9 Å². The van der Waals surface area contributed by atoms with Gasteiger partial charge in [-0.05, 0) is 12.8 Å². The average Bonchev–Trinajstić information content (AvgIpc) is 2.40. The molecule has 1 amide bonds. The fourth-order valence-electron chi connectivity index (χ4n) is 2.58. The van der Waals surface area contributed by atoms with E-state index in [1.54, 1.807) is 5.01 Å². The Bertz CT molecular complexity index is 432. The van der Waals surface area contributed by atoms with Crippen LogP contribution in [0.15, 0.2) is 0 Å². The van der Waals surface area contributed by atoms with E-state index < -0.39 is 30.4 Å². The van der Waals surface area contributed by atoms with E-state index in [1.165, 1.54) is 0 Å². The number of carbonyl (C=O) groups is 2. The van der Waals surface area contributed by atoms with Crippen LogP contribution in [0.2, 0.25) is 0 Å². The van der Waals surface area contributed by atoms with Gasteiger partial charge in [-0.15, -0.1) is 13.2 Å². The fourth-order valence-corrected chi connectivity index (χ4v) is 2.58. The van der Waals surface area contributed by atoms with Gasteiger partial charge < -0.3 is 9.84 Å².